The van der Waals surface area contributed by atoms with Crippen molar-refractivity contribution in [2.45, 2.75) is 4.90 Å². The molecule has 22 heavy (non-hydrogen) atoms. The van der Waals surface area contributed by atoms with Gasteiger partial charge < -0.3 is 9.47 Å². The number of rotatable bonds is 5. The number of nitrogens with one attached hydrogen (secondary N) is 1. The Morgan fingerprint density at radius 2 is 1.68 bits per heavy atom. The number of nitriles is 1. The number of benzene rings is 2. The van der Waals surface area contributed by atoms with E-state index in [4.69, 9.17) is 14.7 Å². The molecule has 7 heteroatoms. The lowest BCUT2D eigenvalue weighted by Crippen LogP contribution is -2.13. The molecule has 0 aliphatic rings. The SMILES string of the molecule is COc1cc(NS(=O)(=O)c2cccc(C#N)c2)cc(OC)c1. The van der Waals surface area contributed by atoms with Gasteiger partial charge in [-0.15, -0.1) is 0 Å². The summed E-state index contributed by atoms with van der Waals surface area (Å²) in [6.07, 6.45) is 0. The van der Waals surface area contributed by atoms with Crippen LogP contribution in [0.3, 0.4) is 0 Å². The second-order valence-electron chi connectivity index (χ2n) is 4.35. The van der Waals surface area contributed by atoms with Crippen LogP contribution in [0.2, 0.25) is 0 Å². The molecule has 0 bridgehead atoms. The summed E-state index contributed by atoms with van der Waals surface area (Å²) in [4.78, 5) is 0.00772. The molecule has 2 aromatic rings. The number of anilines is 1. The molecular weight excluding hydrogens is 304 g/mol. The van der Waals surface area contributed by atoms with Gasteiger partial charge in [0.25, 0.3) is 10.0 Å². The minimum Gasteiger partial charge on any atom is -0.497 e. The third-order valence-corrected chi connectivity index (χ3v) is 4.26. The van der Waals surface area contributed by atoms with Crippen molar-refractivity contribution < 1.29 is 17.9 Å². The molecule has 114 valence electrons. The average Bonchev–Trinajstić information content (AvgIpc) is 2.54. The molecule has 2 aromatic carbocycles. The van der Waals surface area contributed by atoms with Crippen LogP contribution in [0.1, 0.15) is 5.56 Å². The van der Waals surface area contributed by atoms with Crippen LogP contribution in [0.5, 0.6) is 11.5 Å². The van der Waals surface area contributed by atoms with Crippen LogP contribution in [-0.2, 0) is 10.0 Å². The van der Waals surface area contributed by atoms with Crippen molar-refractivity contribution in [2.75, 3.05) is 18.9 Å². The molecule has 0 spiro atoms. The summed E-state index contributed by atoms with van der Waals surface area (Å²) in [6, 6.07) is 12.4. The molecule has 0 aromatic heterocycles. The Morgan fingerprint density at radius 1 is 1.05 bits per heavy atom. The minimum absolute atomic E-state index is 0.00772. The maximum Gasteiger partial charge on any atom is 0.261 e. The van der Waals surface area contributed by atoms with E-state index < -0.39 is 10.0 Å². The molecular formula is C15H14N2O4S. The molecule has 0 amide bonds. The summed E-state index contributed by atoms with van der Waals surface area (Å²) in [5.74, 6) is 0.922. The molecule has 1 N–H and O–H groups in total. The number of hydrogen-bond donors (Lipinski definition) is 1. The number of ether oxygens (including phenoxy) is 2. The van der Waals surface area contributed by atoms with E-state index in [1.807, 2.05) is 6.07 Å². The molecule has 0 fully saturated rings. The summed E-state index contributed by atoms with van der Waals surface area (Å²) in [6.45, 7) is 0. The predicted molar refractivity (Wildman–Crippen MR) is 81.5 cm³/mol. The van der Waals surface area contributed by atoms with Crippen LogP contribution in [0, 0.1) is 11.3 Å². The van der Waals surface area contributed by atoms with E-state index in [1.54, 1.807) is 6.07 Å². The molecule has 0 saturated heterocycles. The van der Waals surface area contributed by atoms with Crippen LogP contribution in [0.15, 0.2) is 47.4 Å². The summed E-state index contributed by atoms with van der Waals surface area (Å²) >= 11 is 0. The standard InChI is InChI=1S/C15H14N2O4S/c1-20-13-7-12(8-14(9-13)21-2)17-22(18,19)15-5-3-4-11(6-15)10-16/h3-9,17H,1-2H3. The quantitative estimate of drug-likeness (QED) is 0.914. The van der Waals surface area contributed by atoms with Gasteiger partial charge in [0.15, 0.2) is 0 Å². The number of sulfonamides is 1. The highest BCUT2D eigenvalue weighted by atomic mass is 32.2. The van der Waals surface area contributed by atoms with Crippen molar-refractivity contribution >= 4 is 15.7 Å². The van der Waals surface area contributed by atoms with Crippen LogP contribution < -0.4 is 14.2 Å². The average molecular weight is 318 g/mol. The summed E-state index contributed by atoms with van der Waals surface area (Å²) < 4.78 is 37.4. The topological polar surface area (TPSA) is 88.4 Å². The van der Waals surface area contributed by atoms with Gasteiger partial charge in [0.2, 0.25) is 0 Å². The first kappa shape index (κ1) is 15.7. The van der Waals surface area contributed by atoms with E-state index in [9.17, 15) is 8.42 Å². The zero-order chi connectivity index (χ0) is 16.2. The number of hydrogen-bond acceptors (Lipinski definition) is 5. The molecule has 0 atom stereocenters. The van der Waals surface area contributed by atoms with E-state index in [-0.39, 0.29) is 10.5 Å². The van der Waals surface area contributed by atoms with Crippen molar-refractivity contribution in [1.29, 1.82) is 5.26 Å². The van der Waals surface area contributed by atoms with Crippen LogP contribution >= 0.6 is 0 Å². The Kier molecular flexibility index (Phi) is 4.53. The molecule has 0 aliphatic carbocycles. The molecule has 6 nitrogen and oxygen atoms in total. The lowest BCUT2D eigenvalue weighted by Gasteiger charge is -2.11. The van der Waals surface area contributed by atoms with Crippen LogP contribution in [0.25, 0.3) is 0 Å². The molecule has 0 heterocycles. The summed E-state index contributed by atoms with van der Waals surface area (Å²) in [5.41, 5.74) is 0.574. The first-order valence-corrected chi connectivity index (χ1v) is 7.73. The first-order valence-electron chi connectivity index (χ1n) is 6.24. The maximum atomic E-state index is 12.4. The van der Waals surface area contributed by atoms with Gasteiger partial charge in [0, 0.05) is 18.2 Å². The van der Waals surface area contributed by atoms with E-state index in [0.717, 1.165) is 0 Å². The zero-order valence-corrected chi connectivity index (χ0v) is 12.8. The van der Waals surface area contributed by atoms with Gasteiger partial charge in [0.1, 0.15) is 11.5 Å². The molecule has 2 rings (SSSR count). The van der Waals surface area contributed by atoms with Crippen molar-refractivity contribution in [3.8, 4) is 17.6 Å². The highest BCUT2D eigenvalue weighted by Crippen LogP contribution is 2.27. The van der Waals surface area contributed by atoms with Gasteiger partial charge in [0.05, 0.1) is 36.4 Å². The summed E-state index contributed by atoms with van der Waals surface area (Å²) in [7, 11) is -0.857. The van der Waals surface area contributed by atoms with Crippen LogP contribution in [0.4, 0.5) is 5.69 Å². The van der Waals surface area contributed by atoms with E-state index in [0.29, 0.717) is 17.2 Å². The Bertz CT molecular complexity index is 803. The second kappa shape index (κ2) is 6.37. The van der Waals surface area contributed by atoms with Gasteiger partial charge in [-0.1, -0.05) is 6.07 Å². The van der Waals surface area contributed by atoms with Crippen molar-refractivity contribution in [1.82, 2.24) is 0 Å². The van der Waals surface area contributed by atoms with Gasteiger partial charge in [-0.25, -0.2) is 8.42 Å². The van der Waals surface area contributed by atoms with E-state index in [1.165, 1.54) is 50.6 Å². The summed E-state index contributed by atoms with van der Waals surface area (Å²) in [5, 5.41) is 8.86. The smallest absolute Gasteiger partial charge is 0.261 e. The molecule has 0 unspecified atom stereocenters. The van der Waals surface area contributed by atoms with Gasteiger partial charge in [-0.3, -0.25) is 4.72 Å². The first-order chi connectivity index (χ1) is 10.5. The second-order valence-corrected chi connectivity index (χ2v) is 6.03. The Balaban J connectivity index is 2.38. The van der Waals surface area contributed by atoms with Crippen molar-refractivity contribution in [3.63, 3.8) is 0 Å². The van der Waals surface area contributed by atoms with Crippen molar-refractivity contribution in [3.05, 3.63) is 48.0 Å². The lowest BCUT2D eigenvalue weighted by molar-refractivity contribution is 0.395. The van der Waals surface area contributed by atoms with E-state index in [2.05, 4.69) is 4.72 Å². The predicted octanol–water partition coefficient (Wildman–Crippen LogP) is 2.38. The zero-order valence-electron chi connectivity index (χ0n) is 12.0. The van der Waals surface area contributed by atoms with Gasteiger partial charge >= 0.3 is 0 Å². The normalized spacial score (nSPS) is 10.6. The molecule has 0 saturated carbocycles. The molecule has 0 aliphatic heterocycles. The maximum absolute atomic E-state index is 12.4. The monoisotopic (exact) mass is 318 g/mol. The highest BCUT2D eigenvalue weighted by molar-refractivity contribution is 7.92. The number of nitrogens with zero attached hydrogens (tertiary/aromatic N) is 1. The van der Waals surface area contributed by atoms with E-state index >= 15 is 0 Å². The lowest BCUT2D eigenvalue weighted by atomic mass is 10.2. The highest BCUT2D eigenvalue weighted by Gasteiger charge is 2.15. The Morgan fingerprint density at radius 3 is 2.23 bits per heavy atom. The van der Waals surface area contributed by atoms with Gasteiger partial charge in [-0.05, 0) is 18.2 Å². The Hall–Kier alpha value is -2.72. The van der Waals surface area contributed by atoms with Crippen LogP contribution in [-0.4, -0.2) is 22.6 Å². The molecule has 0 radical (unpaired) electrons. The number of methoxy groups -OCH3 is 2. The van der Waals surface area contributed by atoms with Gasteiger partial charge in [-0.2, -0.15) is 5.26 Å². The Labute approximate surface area is 129 Å². The minimum atomic E-state index is -3.81. The third kappa shape index (κ3) is 3.48. The fraction of sp³-hybridized carbons (Fsp3) is 0.133. The fourth-order valence-electron chi connectivity index (χ4n) is 1.81. The third-order valence-electron chi connectivity index (χ3n) is 2.88. The fourth-order valence-corrected chi connectivity index (χ4v) is 2.90. The largest absolute Gasteiger partial charge is 0.497 e. The van der Waals surface area contributed by atoms with Crippen molar-refractivity contribution in [2.24, 2.45) is 0 Å².